The Labute approximate surface area is 108 Å². The first-order chi connectivity index (χ1) is 8.72. The lowest BCUT2D eigenvalue weighted by molar-refractivity contribution is -0.119. The SMILES string of the molecule is COCCCC(=O)N1CCCc2ccc(N)cc21. The minimum Gasteiger partial charge on any atom is -0.399 e. The van der Waals surface area contributed by atoms with Gasteiger partial charge in [0.25, 0.3) is 0 Å². The minimum absolute atomic E-state index is 0.165. The van der Waals surface area contributed by atoms with Crippen molar-refractivity contribution in [2.45, 2.75) is 25.7 Å². The van der Waals surface area contributed by atoms with E-state index in [9.17, 15) is 4.79 Å². The Balaban J connectivity index is 2.11. The lowest BCUT2D eigenvalue weighted by Gasteiger charge is -2.29. The zero-order valence-corrected chi connectivity index (χ0v) is 10.8. The van der Waals surface area contributed by atoms with E-state index in [0.717, 1.165) is 31.5 Å². The summed E-state index contributed by atoms with van der Waals surface area (Å²) in [4.78, 5) is 14.0. The van der Waals surface area contributed by atoms with Gasteiger partial charge in [0.1, 0.15) is 0 Å². The quantitative estimate of drug-likeness (QED) is 0.654. The van der Waals surface area contributed by atoms with E-state index in [1.807, 2.05) is 23.1 Å². The van der Waals surface area contributed by atoms with Crippen LogP contribution >= 0.6 is 0 Å². The smallest absolute Gasteiger partial charge is 0.227 e. The van der Waals surface area contributed by atoms with Crippen LogP contribution in [0.2, 0.25) is 0 Å². The molecule has 2 rings (SSSR count). The fourth-order valence-electron chi connectivity index (χ4n) is 2.35. The van der Waals surface area contributed by atoms with Crippen molar-refractivity contribution in [2.75, 3.05) is 30.9 Å². The summed E-state index contributed by atoms with van der Waals surface area (Å²) in [5.41, 5.74) is 8.73. The van der Waals surface area contributed by atoms with Gasteiger partial charge < -0.3 is 15.4 Å². The van der Waals surface area contributed by atoms with Crippen molar-refractivity contribution in [1.82, 2.24) is 0 Å². The van der Waals surface area contributed by atoms with Crippen LogP contribution in [0.4, 0.5) is 11.4 Å². The van der Waals surface area contributed by atoms with Gasteiger partial charge in [0.2, 0.25) is 5.91 Å². The molecule has 0 aromatic heterocycles. The molecule has 0 saturated carbocycles. The summed E-state index contributed by atoms with van der Waals surface area (Å²) in [7, 11) is 1.65. The molecule has 1 heterocycles. The van der Waals surface area contributed by atoms with E-state index >= 15 is 0 Å². The number of anilines is 2. The molecule has 1 aliphatic rings. The van der Waals surface area contributed by atoms with Crippen LogP contribution in [0.25, 0.3) is 0 Å². The summed E-state index contributed by atoms with van der Waals surface area (Å²) in [6.45, 7) is 1.42. The number of fused-ring (bicyclic) bond motifs is 1. The summed E-state index contributed by atoms with van der Waals surface area (Å²) in [5.74, 6) is 0.165. The van der Waals surface area contributed by atoms with Gasteiger partial charge in [-0.05, 0) is 37.0 Å². The zero-order chi connectivity index (χ0) is 13.0. The van der Waals surface area contributed by atoms with Crippen LogP contribution in [0.1, 0.15) is 24.8 Å². The lowest BCUT2D eigenvalue weighted by atomic mass is 10.0. The normalized spacial score (nSPS) is 14.4. The molecule has 0 bridgehead atoms. The minimum atomic E-state index is 0.165. The molecule has 18 heavy (non-hydrogen) atoms. The van der Waals surface area contributed by atoms with Crippen LogP contribution in [0.5, 0.6) is 0 Å². The highest BCUT2D eigenvalue weighted by molar-refractivity contribution is 5.95. The summed E-state index contributed by atoms with van der Waals surface area (Å²) in [5, 5.41) is 0. The standard InChI is InChI=1S/C14H20N2O2/c1-18-9-3-5-14(17)16-8-2-4-11-6-7-12(15)10-13(11)16/h6-7,10H,2-5,8-9,15H2,1H3. The third-order valence-corrected chi connectivity index (χ3v) is 3.27. The van der Waals surface area contributed by atoms with E-state index < -0.39 is 0 Å². The highest BCUT2D eigenvalue weighted by Gasteiger charge is 2.22. The average Bonchev–Trinajstić information content (AvgIpc) is 2.38. The Kier molecular flexibility index (Phi) is 4.20. The van der Waals surface area contributed by atoms with Gasteiger partial charge >= 0.3 is 0 Å². The highest BCUT2D eigenvalue weighted by atomic mass is 16.5. The lowest BCUT2D eigenvalue weighted by Crippen LogP contribution is -2.35. The van der Waals surface area contributed by atoms with Gasteiger partial charge in [-0.25, -0.2) is 0 Å². The Morgan fingerprint density at radius 2 is 2.33 bits per heavy atom. The van der Waals surface area contributed by atoms with Gasteiger partial charge in [0.15, 0.2) is 0 Å². The summed E-state index contributed by atoms with van der Waals surface area (Å²) in [6, 6.07) is 5.83. The molecule has 0 radical (unpaired) electrons. The number of nitrogens with zero attached hydrogens (tertiary/aromatic N) is 1. The zero-order valence-electron chi connectivity index (χ0n) is 10.8. The molecule has 0 unspecified atom stereocenters. The number of hydrogen-bond donors (Lipinski definition) is 1. The van der Waals surface area contributed by atoms with Crippen molar-refractivity contribution >= 4 is 17.3 Å². The molecular weight excluding hydrogens is 228 g/mol. The van der Waals surface area contributed by atoms with Crippen molar-refractivity contribution in [3.05, 3.63) is 23.8 Å². The summed E-state index contributed by atoms with van der Waals surface area (Å²) in [6.07, 6.45) is 3.34. The van der Waals surface area contributed by atoms with Gasteiger partial charge in [0.05, 0.1) is 0 Å². The van der Waals surface area contributed by atoms with Gasteiger partial charge in [-0.15, -0.1) is 0 Å². The first kappa shape index (κ1) is 12.9. The number of benzene rings is 1. The van der Waals surface area contributed by atoms with E-state index in [1.54, 1.807) is 7.11 Å². The van der Waals surface area contributed by atoms with Crippen molar-refractivity contribution in [3.63, 3.8) is 0 Å². The molecule has 1 aromatic rings. The number of methoxy groups -OCH3 is 1. The maximum atomic E-state index is 12.2. The fourth-order valence-corrected chi connectivity index (χ4v) is 2.35. The van der Waals surface area contributed by atoms with Crippen LogP contribution in [0, 0.1) is 0 Å². The third kappa shape index (κ3) is 2.82. The van der Waals surface area contributed by atoms with E-state index in [0.29, 0.717) is 18.7 Å². The molecule has 2 N–H and O–H groups in total. The van der Waals surface area contributed by atoms with Crippen LogP contribution in [0.3, 0.4) is 0 Å². The van der Waals surface area contributed by atoms with Gasteiger partial charge in [-0.3, -0.25) is 4.79 Å². The summed E-state index contributed by atoms with van der Waals surface area (Å²) >= 11 is 0. The van der Waals surface area contributed by atoms with Crippen LogP contribution in [0.15, 0.2) is 18.2 Å². The van der Waals surface area contributed by atoms with Crippen molar-refractivity contribution in [3.8, 4) is 0 Å². The molecule has 0 fully saturated rings. The van der Waals surface area contributed by atoms with Crippen LogP contribution < -0.4 is 10.6 Å². The maximum absolute atomic E-state index is 12.2. The monoisotopic (exact) mass is 248 g/mol. The second-order valence-electron chi connectivity index (χ2n) is 4.63. The second-order valence-corrected chi connectivity index (χ2v) is 4.63. The number of amides is 1. The molecule has 4 heteroatoms. The molecule has 1 amide bonds. The van der Waals surface area contributed by atoms with E-state index in [4.69, 9.17) is 10.5 Å². The molecular formula is C14H20N2O2. The van der Waals surface area contributed by atoms with Gasteiger partial charge in [-0.1, -0.05) is 6.07 Å². The number of aryl methyl sites for hydroxylation is 1. The Bertz CT molecular complexity index is 432. The highest BCUT2D eigenvalue weighted by Crippen LogP contribution is 2.29. The molecule has 0 spiro atoms. The molecule has 1 aromatic carbocycles. The second kappa shape index (κ2) is 5.87. The van der Waals surface area contributed by atoms with Crippen molar-refractivity contribution in [1.29, 1.82) is 0 Å². The number of rotatable bonds is 4. The molecule has 98 valence electrons. The molecule has 1 aliphatic heterocycles. The predicted octanol–water partition coefficient (Wildman–Crippen LogP) is 1.97. The first-order valence-electron chi connectivity index (χ1n) is 6.40. The number of nitrogen functional groups attached to an aromatic ring is 1. The number of hydrogen-bond acceptors (Lipinski definition) is 3. The van der Waals surface area contributed by atoms with E-state index in [2.05, 4.69) is 0 Å². The number of ether oxygens (including phenoxy) is 1. The maximum Gasteiger partial charge on any atom is 0.227 e. The third-order valence-electron chi connectivity index (χ3n) is 3.27. The topological polar surface area (TPSA) is 55.6 Å². The number of nitrogens with two attached hydrogens (primary N) is 1. The number of carbonyl (C=O) groups is 1. The largest absolute Gasteiger partial charge is 0.399 e. The van der Waals surface area contributed by atoms with E-state index in [-0.39, 0.29) is 5.91 Å². The summed E-state index contributed by atoms with van der Waals surface area (Å²) < 4.78 is 4.98. The number of carbonyl (C=O) groups excluding carboxylic acids is 1. The van der Waals surface area contributed by atoms with Gasteiger partial charge in [0, 0.05) is 38.1 Å². The first-order valence-corrected chi connectivity index (χ1v) is 6.40. The van der Waals surface area contributed by atoms with E-state index in [1.165, 1.54) is 5.56 Å². The Hall–Kier alpha value is -1.55. The average molecular weight is 248 g/mol. The molecule has 0 aliphatic carbocycles. The van der Waals surface area contributed by atoms with Crippen LogP contribution in [-0.4, -0.2) is 26.2 Å². The molecule has 0 atom stereocenters. The fraction of sp³-hybridized carbons (Fsp3) is 0.500. The van der Waals surface area contributed by atoms with Gasteiger partial charge in [-0.2, -0.15) is 0 Å². The molecule has 0 saturated heterocycles. The van der Waals surface area contributed by atoms with Crippen LogP contribution in [-0.2, 0) is 16.0 Å². The Morgan fingerprint density at radius 3 is 3.11 bits per heavy atom. The Morgan fingerprint density at radius 1 is 1.50 bits per heavy atom. The van der Waals surface area contributed by atoms with Crippen molar-refractivity contribution < 1.29 is 9.53 Å². The van der Waals surface area contributed by atoms with Crippen molar-refractivity contribution in [2.24, 2.45) is 0 Å². The molecule has 4 nitrogen and oxygen atoms in total. The predicted molar refractivity (Wildman–Crippen MR) is 72.6 cm³/mol.